The predicted octanol–water partition coefficient (Wildman–Crippen LogP) is 2.06. The molecule has 3 rings (SSSR count). The zero-order chi connectivity index (χ0) is 13.2. The van der Waals surface area contributed by atoms with Crippen LogP contribution in [0.2, 0.25) is 0 Å². The van der Waals surface area contributed by atoms with E-state index in [-0.39, 0.29) is 6.10 Å². The maximum Gasteiger partial charge on any atom is 0.136 e. The van der Waals surface area contributed by atoms with E-state index < -0.39 is 0 Å². The number of nitrogens with zero attached hydrogens (tertiary/aromatic N) is 3. The number of nitrogens with one attached hydrogen (secondary N) is 1. The minimum atomic E-state index is 0.0516. The highest BCUT2D eigenvalue weighted by atomic mass is 32.1. The largest absolute Gasteiger partial charge is 0.368 e. The highest BCUT2D eigenvalue weighted by molar-refractivity contribution is 7.09. The summed E-state index contributed by atoms with van der Waals surface area (Å²) in [5, 5.41) is 0. The van der Waals surface area contributed by atoms with E-state index in [1.165, 1.54) is 4.88 Å². The van der Waals surface area contributed by atoms with Gasteiger partial charge >= 0.3 is 0 Å². The number of rotatable bonds is 3. The fourth-order valence-electron chi connectivity index (χ4n) is 2.29. The quantitative estimate of drug-likeness (QED) is 0.933. The molecule has 6 heteroatoms. The normalized spacial score (nSPS) is 20.8. The maximum atomic E-state index is 5.81. The van der Waals surface area contributed by atoms with Crippen molar-refractivity contribution in [3.8, 4) is 0 Å². The minimum Gasteiger partial charge on any atom is -0.368 e. The van der Waals surface area contributed by atoms with Gasteiger partial charge in [0.25, 0.3) is 0 Å². The van der Waals surface area contributed by atoms with Crippen LogP contribution in [0.15, 0.2) is 11.7 Å². The smallest absolute Gasteiger partial charge is 0.136 e. The van der Waals surface area contributed by atoms with Gasteiger partial charge in [0.05, 0.1) is 17.8 Å². The second-order valence-electron chi connectivity index (χ2n) is 4.91. The number of H-pyrrole nitrogens is 1. The number of imidazole rings is 1. The first-order chi connectivity index (χ1) is 9.22. The van der Waals surface area contributed by atoms with E-state index in [4.69, 9.17) is 4.74 Å². The Morgan fingerprint density at radius 2 is 2.37 bits per heavy atom. The molecule has 2 aromatic rings. The Bertz CT molecular complexity index is 550. The van der Waals surface area contributed by atoms with Crippen molar-refractivity contribution in [2.75, 3.05) is 19.7 Å². The summed E-state index contributed by atoms with van der Waals surface area (Å²) in [4.78, 5) is 15.7. The molecule has 3 heterocycles. The van der Waals surface area contributed by atoms with Crippen LogP contribution >= 0.6 is 11.3 Å². The molecule has 5 nitrogen and oxygen atoms in total. The van der Waals surface area contributed by atoms with E-state index in [0.29, 0.717) is 0 Å². The van der Waals surface area contributed by atoms with Gasteiger partial charge in [0, 0.05) is 36.4 Å². The minimum absolute atomic E-state index is 0.0516. The van der Waals surface area contributed by atoms with E-state index in [1.54, 1.807) is 11.3 Å². The van der Waals surface area contributed by atoms with Gasteiger partial charge in [0.2, 0.25) is 0 Å². The Morgan fingerprint density at radius 1 is 1.47 bits per heavy atom. The molecule has 1 saturated heterocycles. The summed E-state index contributed by atoms with van der Waals surface area (Å²) in [6.45, 7) is 7.63. The van der Waals surface area contributed by atoms with E-state index >= 15 is 0 Å². The third-order valence-corrected chi connectivity index (χ3v) is 4.31. The van der Waals surface area contributed by atoms with Gasteiger partial charge in [-0.3, -0.25) is 4.90 Å². The standard InChI is InChI=1S/C13H18N4OS/c1-9-5-14-13(16-9)11-6-17(3-4-18-11)7-12-10(2)15-8-19-12/h5,8,11H,3-4,6-7H2,1-2H3,(H,14,16)/t11-/m0/s1. The number of morpholine rings is 1. The van der Waals surface area contributed by atoms with Crippen molar-refractivity contribution in [1.82, 2.24) is 19.9 Å². The lowest BCUT2D eigenvalue weighted by Crippen LogP contribution is -2.38. The topological polar surface area (TPSA) is 54.0 Å². The number of hydrogen-bond acceptors (Lipinski definition) is 5. The lowest BCUT2D eigenvalue weighted by atomic mass is 10.2. The van der Waals surface area contributed by atoms with Gasteiger partial charge in [-0.15, -0.1) is 11.3 Å². The molecule has 1 aliphatic heterocycles. The fourth-order valence-corrected chi connectivity index (χ4v) is 3.11. The van der Waals surface area contributed by atoms with Gasteiger partial charge in [-0.25, -0.2) is 9.97 Å². The molecule has 0 aromatic carbocycles. The molecule has 0 bridgehead atoms. The van der Waals surface area contributed by atoms with Gasteiger partial charge < -0.3 is 9.72 Å². The number of thiazole rings is 1. The Morgan fingerprint density at radius 3 is 3.05 bits per heavy atom. The molecule has 1 atom stereocenters. The van der Waals surface area contributed by atoms with Crippen LogP contribution in [0.25, 0.3) is 0 Å². The van der Waals surface area contributed by atoms with E-state index in [2.05, 4.69) is 26.8 Å². The molecule has 0 unspecified atom stereocenters. The van der Waals surface area contributed by atoms with Crippen LogP contribution in [0.5, 0.6) is 0 Å². The number of aromatic amines is 1. The summed E-state index contributed by atoms with van der Waals surface area (Å²) in [6.07, 6.45) is 1.90. The van der Waals surface area contributed by atoms with Crippen molar-refractivity contribution in [3.05, 3.63) is 33.8 Å². The summed E-state index contributed by atoms with van der Waals surface area (Å²) in [5.41, 5.74) is 4.13. The van der Waals surface area contributed by atoms with E-state index in [1.807, 2.05) is 18.6 Å². The zero-order valence-electron chi connectivity index (χ0n) is 11.2. The van der Waals surface area contributed by atoms with Crippen molar-refractivity contribution < 1.29 is 4.74 Å². The summed E-state index contributed by atoms with van der Waals surface area (Å²) < 4.78 is 5.81. The molecule has 102 valence electrons. The molecule has 0 spiro atoms. The Balaban J connectivity index is 1.66. The van der Waals surface area contributed by atoms with Gasteiger partial charge in [0.1, 0.15) is 11.9 Å². The maximum absolute atomic E-state index is 5.81. The molecule has 1 fully saturated rings. The average molecular weight is 278 g/mol. The first kappa shape index (κ1) is 12.8. The van der Waals surface area contributed by atoms with E-state index in [9.17, 15) is 0 Å². The molecule has 0 saturated carbocycles. The van der Waals surface area contributed by atoms with Crippen molar-refractivity contribution >= 4 is 11.3 Å². The average Bonchev–Trinajstić information content (AvgIpc) is 3.00. The van der Waals surface area contributed by atoms with Crippen molar-refractivity contribution in [2.24, 2.45) is 0 Å². The first-order valence-electron chi connectivity index (χ1n) is 6.47. The van der Waals surface area contributed by atoms with Gasteiger partial charge in [-0.2, -0.15) is 0 Å². The zero-order valence-corrected chi connectivity index (χ0v) is 12.0. The molecule has 1 N–H and O–H groups in total. The summed E-state index contributed by atoms with van der Waals surface area (Å²) in [5.74, 6) is 0.934. The molecular formula is C13H18N4OS. The summed E-state index contributed by atoms with van der Waals surface area (Å²) >= 11 is 1.73. The van der Waals surface area contributed by atoms with Gasteiger partial charge in [0.15, 0.2) is 0 Å². The van der Waals surface area contributed by atoms with Crippen LogP contribution in [-0.2, 0) is 11.3 Å². The first-order valence-corrected chi connectivity index (χ1v) is 7.35. The molecule has 0 aliphatic carbocycles. The van der Waals surface area contributed by atoms with Crippen LogP contribution in [-0.4, -0.2) is 39.5 Å². The lowest BCUT2D eigenvalue weighted by molar-refractivity contribution is -0.0366. The summed E-state index contributed by atoms with van der Waals surface area (Å²) in [6, 6.07) is 0. The number of aromatic nitrogens is 3. The number of ether oxygens (including phenoxy) is 1. The monoisotopic (exact) mass is 278 g/mol. The Hall–Kier alpha value is -1.24. The molecule has 0 amide bonds. The molecule has 19 heavy (non-hydrogen) atoms. The fraction of sp³-hybridized carbons (Fsp3) is 0.538. The molecule has 2 aromatic heterocycles. The summed E-state index contributed by atoms with van der Waals surface area (Å²) in [7, 11) is 0. The van der Waals surface area contributed by atoms with Crippen LogP contribution in [0.3, 0.4) is 0 Å². The van der Waals surface area contributed by atoms with E-state index in [0.717, 1.165) is 43.5 Å². The Labute approximate surface area is 116 Å². The van der Waals surface area contributed by atoms with Crippen LogP contribution in [0, 0.1) is 13.8 Å². The van der Waals surface area contributed by atoms with Crippen LogP contribution < -0.4 is 0 Å². The van der Waals surface area contributed by atoms with Crippen molar-refractivity contribution in [1.29, 1.82) is 0 Å². The third kappa shape index (κ3) is 2.86. The van der Waals surface area contributed by atoms with Gasteiger partial charge in [-0.05, 0) is 13.8 Å². The highest BCUT2D eigenvalue weighted by Crippen LogP contribution is 2.22. The second-order valence-corrected chi connectivity index (χ2v) is 5.85. The lowest BCUT2D eigenvalue weighted by Gasteiger charge is -2.31. The highest BCUT2D eigenvalue weighted by Gasteiger charge is 2.24. The molecule has 1 aliphatic rings. The number of aryl methyl sites for hydroxylation is 2. The van der Waals surface area contributed by atoms with Crippen LogP contribution in [0.4, 0.5) is 0 Å². The SMILES string of the molecule is Cc1cnc([C@@H]2CN(Cc3scnc3C)CCO2)[nH]1. The van der Waals surface area contributed by atoms with Gasteiger partial charge in [-0.1, -0.05) is 0 Å². The van der Waals surface area contributed by atoms with Crippen molar-refractivity contribution in [3.63, 3.8) is 0 Å². The Kier molecular flexibility index (Phi) is 3.63. The molecule has 0 radical (unpaired) electrons. The number of hydrogen-bond donors (Lipinski definition) is 1. The second kappa shape index (κ2) is 5.40. The van der Waals surface area contributed by atoms with Crippen LogP contribution in [0.1, 0.15) is 28.2 Å². The predicted molar refractivity (Wildman–Crippen MR) is 74.1 cm³/mol. The van der Waals surface area contributed by atoms with Crippen molar-refractivity contribution in [2.45, 2.75) is 26.5 Å². The molecular weight excluding hydrogens is 260 g/mol. The third-order valence-electron chi connectivity index (χ3n) is 3.39.